The Morgan fingerprint density at radius 3 is 2.41 bits per heavy atom. The van der Waals surface area contributed by atoms with E-state index >= 15 is 0 Å². The van der Waals surface area contributed by atoms with Crippen LogP contribution in [0.25, 0.3) is 10.9 Å². The van der Waals surface area contributed by atoms with E-state index in [-0.39, 0.29) is 6.42 Å². The van der Waals surface area contributed by atoms with Gasteiger partial charge >= 0.3 is 11.9 Å². The van der Waals surface area contributed by atoms with E-state index in [1.807, 2.05) is 24.3 Å². The van der Waals surface area contributed by atoms with Crippen LogP contribution in [0.4, 0.5) is 0 Å². The third-order valence-electron chi connectivity index (χ3n) is 4.11. The molecule has 0 fully saturated rings. The number of carbonyl (C=O) groups is 2. The van der Waals surface area contributed by atoms with Crippen LogP contribution in [0.2, 0.25) is 0 Å². The number of hydrogen-bond donors (Lipinski definition) is 7. The maximum absolute atomic E-state index is 12.0. The normalized spacial score (nSPS) is 17.1. The molecule has 148 valence electrons. The van der Waals surface area contributed by atoms with E-state index in [1.165, 1.54) is 0 Å². The van der Waals surface area contributed by atoms with Crippen molar-refractivity contribution in [3.8, 4) is 0 Å². The minimum absolute atomic E-state index is 0.0562. The molecule has 0 aliphatic rings. The van der Waals surface area contributed by atoms with Gasteiger partial charge in [0.2, 0.25) is 0 Å². The first-order chi connectivity index (χ1) is 12.8. The highest BCUT2D eigenvalue weighted by atomic mass is 16.6. The number of H-pyrrole nitrogens is 1. The number of hydrogen-bond acceptors (Lipinski definition) is 9. The zero-order valence-corrected chi connectivity index (χ0v) is 14.2. The van der Waals surface area contributed by atoms with Crippen molar-refractivity contribution in [1.82, 2.24) is 4.98 Å². The Balaban J connectivity index is 1.96. The number of aromatic nitrogens is 1. The second kappa shape index (κ2) is 9.04. The smallest absolute Gasteiger partial charge is 0.345 e. The predicted molar refractivity (Wildman–Crippen MR) is 92.2 cm³/mol. The summed E-state index contributed by atoms with van der Waals surface area (Å²) in [6, 6.07) is 6.11. The van der Waals surface area contributed by atoms with Gasteiger partial charge in [0.05, 0.1) is 6.61 Å². The first kappa shape index (κ1) is 21.0. The van der Waals surface area contributed by atoms with Gasteiger partial charge in [-0.1, -0.05) is 18.2 Å². The highest BCUT2D eigenvalue weighted by Crippen LogP contribution is 2.19. The quantitative estimate of drug-likeness (QED) is 0.192. The van der Waals surface area contributed by atoms with Crippen LogP contribution in [0, 0.1) is 0 Å². The van der Waals surface area contributed by atoms with Crippen LogP contribution in [0.1, 0.15) is 5.56 Å². The predicted octanol–water partition coefficient (Wildman–Crippen LogP) is -2.46. The van der Waals surface area contributed by atoms with Gasteiger partial charge in [0.25, 0.3) is 0 Å². The Morgan fingerprint density at radius 2 is 1.74 bits per heavy atom. The molecule has 10 heteroatoms. The summed E-state index contributed by atoms with van der Waals surface area (Å²) < 4.78 is 4.44. The van der Waals surface area contributed by atoms with Gasteiger partial charge in [0, 0.05) is 23.5 Å². The van der Waals surface area contributed by atoms with Crippen molar-refractivity contribution in [3.05, 3.63) is 36.0 Å². The molecule has 0 aliphatic heterocycles. The number of rotatable bonds is 8. The van der Waals surface area contributed by atoms with Crippen molar-refractivity contribution in [2.75, 3.05) is 6.61 Å². The second-order valence-electron chi connectivity index (χ2n) is 6.09. The number of fused-ring (bicyclic) bond motifs is 1. The van der Waals surface area contributed by atoms with Gasteiger partial charge in [-0.15, -0.1) is 0 Å². The van der Waals surface area contributed by atoms with Gasteiger partial charge in [-0.3, -0.25) is 0 Å². The molecule has 27 heavy (non-hydrogen) atoms. The molecule has 10 nitrogen and oxygen atoms in total. The summed E-state index contributed by atoms with van der Waals surface area (Å²) in [7, 11) is 0. The molecule has 8 N–H and O–H groups in total. The van der Waals surface area contributed by atoms with Crippen molar-refractivity contribution in [2.24, 2.45) is 5.73 Å². The molecule has 2 aromatic rings. The van der Waals surface area contributed by atoms with Crippen LogP contribution >= 0.6 is 0 Å². The number of aromatic amines is 1. The Hall–Kier alpha value is -2.34. The summed E-state index contributed by atoms with van der Waals surface area (Å²) in [5, 5.41) is 47.5. The second-order valence-corrected chi connectivity index (χ2v) is 6.09. The van der Waals surface area contributed by atoms with Gasteiger partial charge in [-0.25, -0.2) is 9.59 Å². The third kappa shape index (κ3) is 4.89. The number of para-hydroxylation sites is 1. The summed E-state index contributed by atoms with van der Waals surface area (Å²) in [6.07, 6.45) is -6.57. The number of ether oxygens (including phenoxy) is 1. The molecule has 1 heterocycles. The fourth-order valence-corrected chi connectivity index (χ4v) is 2.52. The lowest BCUT2D eigenvalue weighted by molar-refractivity contribution is -0.177. The molecule has 0 saturated heterocycles. The van der Waals surface area contributed by atoms with E-state index in [1.54, 1.807) is 6.20 Å². The van der Waals surface area contributed by atoms with Crippen molar-refractivity contribution < 1.29 is 39.9 Å². The number of nitrogens with one attached hydrogen (secondary N) is 1. The summed E-state index contributed by atoms with van der Waals surface area (Å²) in [6.45, 7) is -0.908. The minimum atomic E-state index is -2.31. The van der Waals surface area contributed by atoms with E-state index in [0.29, 0.717) is 0 Å². The van der Waals surface area contributed by atoms with Crippen molar-refractivity contribution in [1.29, 1.82) is 0 Å². The Kier molecular flexibility index (Phi) is 7.02. The van der Waals surface area contributed by atoms with Gasteiger partial charge in [0.15, 0.2) is 6.10 Å². The molecule has 0 bridgehead atoms. The van der Waals surface area contributed by atoms with Crippen molar-refractivity contribution in [3.63, 3.8) is 0 Å². The monoisotopic (exact) mass is 382 g/mol. The zero-order valence-electron chi connectivity index (χ0n) is 14.2. The standard InChI is InChI=1S/C17H22N2O8/c18-10(5-8-6-19-11-4-2-1-3-9(8)11)16(25)27-17(26)15(24)14(23)13(22)12(21)7-20/h1-4,6,10,12-15,19-24H,5,7,18H2/t10-,12+,13+,14-,15+/m0/s1. The minimum Gasteiger partial charge on any atom is -0.394 e. The lowest BCUT2D eigenvalue weighted by Gasteiger charge is -2.24. The largest absolute Gasteiger partial charge is 0.394 e. The van der Waals surface area contributed by atoms with Crippen molar-refractivity contribution >= 4 is 22.8 Å². The van der Waals surface area contributed by atoms with E-state index in [0.717, 1.165) is 16.5 Å². The van der Waals surface area contributed by atoms with Crippen LogP contribution in [0.5, 0.6) is 0 Å². The maximum atomic E-state index is 12.0. The summed E-state index contributed by atoms with van der Waals surface area (Å²) in [5.74, 6) is -2.67. The third-order valence-corrected chi connectivity index (χ3v) is 4.11. The van der Waals surface area contributed by atoms with Crippen LogP contribution in [0.3, 0.4) is 0 Å². The highest BCUT2D eigenvalue weighted by molar-refractivity contribution is 5.91. The fourth-order valence-electron chi connectivity index (χ4n) is 2.52. The Labute approximate surface area is 153 Å². The molecule has 0 saturated carbocycles. The highest BCUT2D eigenvalue weighted by Gasteiger charge is 2.36. The Bertz CT molecular complexity index is 792. The molecule has 0 unspecified atom stereocenters. The fraction of sp³-hybridized carbons (Fsp3) is 0.412. The SMILES string of the molecule is N[C@@H](Cc1c[nH]c2ccccc12)C(=O)OC(=O)[C@H](O)[C@@H](O)[C@H](O)[C@H](O)CO. The molecule has 0 radical (unpaired) electrons. The maximum Gasteiger partial charge on any atom is 0.345 e. The van der Waals surface area contributed by atoms with Gasteiger partial charge in [-0.05, 0) is 11.6 Å². The van der Waals surface area contributed by atoms with E-state index in [2.05, 4.69) is 9.72 Å². The van der Waals surface area contributed by atoms with Crippen LogP contribution in [0.15, 0.2) is 30.5 Å². The van der Waals surface area contributed by atoms with E-state index in [4.69, 9.17) is 10.8 Å². The molecular weight excluding hydrogens is 360 g/mol. The summed E-state index contributed by atoms with van der Waals surface area (Å²) in [4.78, 5) is 26.8. The van der Waals surface area contributed by atoms with Crippen molar-refractivity contribution in [2.45, 2.75) is 36.9 Å². The molecule has 0 amide bonds. The van der Waals surface area contributed by atoms with Gasteiger partial charge in [0.1, 0.15) is 24.4 Å². The number of carbonyl (C=O) groups excluding carboxylic acids is 2. The Morgan fingerprint density at radius 1 is 1.07 bits per heavy atom. The summed E-state index contributed by atoms with van der Waals surface area (Å²) >= 11 is 0. The average molecular weight is 382 g/mol. The molecule has 1 aromatic carbocycles. The molecular formula is C17H22N2O8. The molecule has 1 aromatic heterocycles. The van der Waals surface area contributed by atoms with E-state index < -0.39 is 49.0 Å². The first-order valence-corrected chi connectivity index (χ1v) is 8.15. The first-order valence-electron chi connectivity index (χ1n) is 8.15. The van der Waals surface area contributed by atoms with Crippen LogP contribution < -0.4 is 5.73 Å². The molecule has 2 rings (SSSR count). The van der Waals surface area contributed by atoms with Gasteiger partial charge < -0.3 is 41.0 Å². The number of nitrogens with two attached hydrogens (primary N) is 1. The molecule has 0 spiro atoms. The molecule has 0 aliphatic carbocycles. The van der Waals surface area contributed by atoms with Crippen LogP contribution in [-0.4, -0.2) is 79.5 Å². The number of esters is 2. The number of benzene rings is 1. The lowest BCUT2D eigenvalue weighted by Crippen LogP contribution is -2.50. The lowest BCUT2D eigenvalue weighted by atomic mass is 10.0. The van der Waals surface area contributed by atoms with E-state index in [9.17, 15) is 30.0 Å². The number of aliphatic hydroxyl groups is 5. The molecule has 5 atom stereocenters. The number of aliphatic hydroxyl groups excluding tert-OH is 5. The average Bonchev–Trinajstić information content (AvgIpc) is 3.08. The topological polar surface area (TPSA) is 186 Å². The zero-order chi connectivity index (χ0) is 20.1. The van der Waals surface area contributed by atoms with Crippen LogP contribution in [-0.2, 0) is 20.7 Å². The summed E-state index contributed by atoms with van der Waals surface area (Å²) in [5.41, 5.74) is 7.32. The van der Waals surface area contributed by atoms with Gasteiger partial charge in [-0.2, -0.15) is 0 Å².